The minimum atomic E-state index is -0.456. The van der Waals surface area contributed by atoms with Gasteiger partial charge in [0, 0.05) is 28.9 Å². The summed E-state index contributed by atoms with van der Waals surface area (Å²) >= 11 is 0. The Morgan fingerprint density at radius 2 is 2.19 bits per heavy atom. The number of nitrogens with one attached hydrogen (secondary N) is 3. The molecule has 3 heterocycles. The molecule has 4 rings (SSSR count). The van der Waals surface area contributed by atoms with Crippen molar-refractivity contribution in [3.8, 4) is 11.4 Å². The van der Waals surface area contributed by atoms with Crippen molar-refractivity contribution in [2.75, 3.05) is 5.43 Å². The Hall–Kier alpha value is -3.75. The summed E-state index contributed by atoms with van der Waals surface area (Å²) in [6, 6.07) is 7.96. The number of aromatic nitrogens is 4. The molecule has 0 spiro atoms. The van der Waals surface area contributed by atoms with Gasteiger partial charge < -0.3 is 9.51 Å². The molecule has 0 aliphatic rings. The molecule has 0 atom stereocenters. The largest absolute Gasteiger partial charge is 0.350 e. The number of carbonyl (C=O) groups is 1. The van der Waals surface area contributed by atoms with E-state index < -0.39 is 5.91 Å². The van der Waals surface area contributed by atoms with Gasteiger partial charge in [0.15, 0.2) is 0 Å². The Morgan fingerprint density at radius 1 is 1.31 bits per heavy atom. The molecule has 9 heteroatoms. The molecule has 130 valence electrons. The summed E-state index contributed by atoms with van der Waals surface area (Å²) in [5.74, 6) is -0.482. The normalized spacial score (nSPS) is 10.8. The Balaban J connectivity index is 1.48. The van der Waals surface area contributed by atoms with Gasteiger partial charge in [0.1, 0.15) is 11.5 Å². The number of fused-ring (bicyclic) bond motifs is 1. The number of H-pyrrole nitrogens is 1. The van der Waals surface area contributed by atoms with Crippen molar-refractivity contribution in [2.45, 2.75) is 6.92 Å². The first-order valence-corrected chi connectivity index (χ1v) is 7.69. The van der Waals surface area contributed by atoms with Crippen molar-refractivity contribution in [1.29, 1.82) is 0 Å². The lowest BCUT2D eigenvalue weighted by Gasteiger charge is -2.01. The molecule has 1 aromatic carbocycles. The molecule has 3 N–H and O–H groups in total. The van der Waals surface area contributed by atoms with Crippen LogP contribution >= 0.6 is 0 Å². The average Bonchev–Trinajstić information content (AvgIpc) is 3.27. The fourth-order valence-electron chi connectivity index (χ4n) is 2.56. The maximum absolute atomic E-state index is 13.5. The Kier molecular flexibility index (Phi) is 3.81. The number of anilines is 1. The smallest absolute Gasteiger partial charge is 0.340 e. The number of halogens is 1. The van der Waals surface area contributed by atoms with Crippen LogP contribution in [0.2, 0.25) is 0 Å². The average molecular weight is 352 g/mol. The maximum Gasteiger partial charge on any atom is 0.340 e. The van der Waals surface area contributed by atoms with Gasteiger partial charge in [-0.15, -0.1) is 0 Å². The number of amides is 1. The lowest BCUT2D eigenvalue weighted by molar-refractivity contribution is 0.0957. The van der Waals surface area contributed by atoms with Crippen LogP contribution in [0.1, 0.15) is 16.1 Å². The summed E-state index contributed by atoms with van der Waals surface area (Å²) < 4.78 is 18.5. The standard InChI is InChI=1S/C17H13FN6O2/c1-9-5-11(18)6-13-12(9)7-14(20-13)16(25)22-23-17-21-15(24-26-17)10-3-2-4-19-8-10/h2-8,20H,1H3,(H,22,25)(H,21,23,24). The number of benzene rings is 1. The third kappa shape index (κ3) is 2.97. The summed E-state index contributed by atoms with van der Waals surface area (Å²) in [5, 5.41) is 4.58. The topological polar surface area (TPSA) is 109 Å². The number of nitrogens with zero attached hydrogens (tertiary/aromatic N) is 3. The first kappa shape index (κ1) is 15.8. The molecule has 4 aromatic rings. The van der Waals surface area contributed by atoms with E-state index in [-0.39, 0.29) is 17.5 Å². The predicted octanol–water partition coefficient (Wildman–Crippen LogP) is 2.82. The molecule has 0 aliphatic heterocycles. The first-order valence-electron chi connectivity index (χ1n) is 7.69. The lowest BCUT2D eigenvalue weighted by atomic mass is 10.1. The van der Waals surface area contributed by atoms with Crippen LogP contribution in [-0.2, 0) is 0 Å². The third-order valence-electron chi connectivity index (χ3n) is 3.78. The molecular formula is C17H13FN6O2. The molecule has 0 radical (unpaired) electrons. The van der Waals surface area contributed by atoms with Crippen LogP contribution in [0.5, 0.6) is 0 Å². The molecule has 0 saturated heterocycles. The second-order valence-corrected chi connectivity index (χ2v) is 5.61. The van der Waals surface area contributed by atoms with Gasteiger partial charge in [-0.25, -0.2) is 9.82 Å². The molecule has 1 amide bonds. The van der Waals surface area contributed by atoms with Crippen LogP contribution in [-0.4, -0.2) is 26.0 Å². The molecule has 26 heavy (non-hydrogen) atoms. The molecule has 0 unspecified atom stereocenters. The third-order valence-corrected chi connectivity index (χ3v) is 3.78. The summed E-state index contributed by atoms with van der Waals surface area (Å²) in [6.45, 7) is 1.78. The fourth-order valence-corrected chi connectivity index (χ4v) is 2.56. The van der Waals surface area contributed by atoms with Crippen molar-refractivity contribution in [1.82, 2.24) is 25.5 Å². The highest BCUT2D eigenvalue weighted by Gasteiger charge is 2.13. The molecule has 8 nitrogen and oxygen atoms in total. The Labute approximate surface area is 146 Å². The van der Waals surface area contributed by atoms with Gasteiger partial charge >= 0.3 is 6.01 Å². The van der Waals surface area contributed by atoms with E-state index in [0.717, 1.165) is 10.9 Å². The van der Waals surface area contributed by atoms with Crippen LogP contribution < -0.4 is 10.9 Å². The minimum Gasteiger partial charge on any atom is -0.350 e. The van der Waals surface area contributed by atoms with Gasteiger partial charge in [-0.1, -0.05) is 5.16 Å². The number of carbonyl (C=O) groups excluding carboxylic acids is 1. The van der Waals surface area contributed by atoms with E-state index in [1.54, 1.807) is 37.5 Å². The number of hydrazine groups is 1. The van der Waals surface area contributed by atoms with Crippen molar-refractivity contribution in [2.24, 2.45) is 0 Å². The van der Waals surface area contributed by atoms with Gasteiger partial charge in [-0.3, -0.25) is 15.2 Å². The quantitative estimate of drug-likeness (QED) is 0.487. The van der Waals surface area contributed by atoms with Crippen molar-refractivity contribution < 1.29 is 13.7 Å². The summed E-state index contributed by atoms with van der Waals surface area (Å²) in [7, 11) is 0. The second-order valence-electron chi connectivity index (χ2n) is 5.61. The summed E-state index contributed by atoms with van der Waals surface area (Å²) in [4.78, 5) is 23.2. The van der Waals surface area contributed by atoms with Crippen LogP contribution in [0.4, 0.5) is 10.4 Å². The van der Waals surface area contributed by atoms with E-state index >= 15 is 0 Å². The minimum absolute atomic E-state index is 0.0236. The van der Waals surface area contributed by atoms with E-state index in [0.29, 0.717) is 16.9 Å². The SMILES string of the molecule is Cc1cc(F)cc2[nH]c(C(=O)NNc3nc(-c4cccnc4)no3)cc12. The van der Waals surface area contributed by atoms with E-state index in [9.17, 15) is 9.18 Å². The highest BCUT2D eigenvalue weighted by Crippen LogP contribution is 2.21. The number of rotatable bonds is 4. The molecule has 0 saturated carbocycles. The zero-order chi connectivity index (χ0) is 18.1. The Bertz CT molecular complexity index is 1090. The molecule has 3 aromatic heterocycles. The Morgan fingerprint density at radius 3 is 3.00 bits per heavy atom. The number of hydrogen-bond donors (Lipinski definition) is 3. The van der Waals surface area contributed by atoms with E-state index in [1.807, 2.05) is 0 Å². The molecular weight excluding hydrogens is 339 g/mol. The van der Waals surface area contributed by atoms with Crippen molar-refractivity contribution in [3.63, 3.8) is 0 Å². The lowest BCUT2D eigenvalue weighted by Crippen LogP contribution is -2.29. The van der Waals surface area contributed by atoms with Crippen LogP contribution in [0.15, 0.2) is 47.2 Å². The number of hydrogen-bond acceptors (Lipinski definition) is 6. The number of pyridine rings is 1. The zero-order valence-corrected chi connectivity index (χ0v) is 13.6. The van der Waals surface area contributed by atoms with Gasteiger partial charge in [0.2, 0.25) is 5.82 Å². The van der Waals surface area contributed by atoms with Gasteiger partial charge in [0.25, 0.3) is 5.91 Å². The fraction of sp³-hybridized carbons (Fsp3) is 0.0588. The van der Waals surface area contributed by atoms with Crippen molar-refractivity contribution in [3.05, 3.63) is 59.8 Å². The molecule has 0 aliphatic carbocycles. The van der Waals surface area contributed by atoms with E-state index in [4.69, 9.17) is 4.52 Å². The van der Waals surface area contributed by atoms with E-state index in [2.05, 4.69) is 31.0 Å². The molecule has 0 bridgehead atoms. The van der Waals surface area contributed by atoms with Crippen LogP contribution in [0.3, 0.4) is 0 Å². The zero-order valence-electron chi connectivity index (χ0n) is 13.6. The summed E-state index contributed by atoms with van der Waals surface area (Å²) in [6.07, 6.45) is 3.23. The monoisotopic (exact) mass is 352 g/mol. The number of aromatic amines is 1. The number of aryl methyl sites for hydroxylation is 1. The highest BCUT2D eigenvalue weighted by atomic mass is 19.1. The van der Waals surface area contributed by atoms with Gasteiger partial charge in [-0.05, 0) is 42.8 Å². The van der Waals surface area contributed by atoms with Gasteiger partial charge in [-0.2, -0.15) is 4.98 Å². The predicted molar refractivity (Wildman–Crippen MR) is 91.6 cm³/mol. The summed E-state index contributed by atoms with van der Waals surface area (Å²) in [5.41, 5.74) is 7.24. The maximum atomic E-state index is 13.5. The van der Waals surface area contributed by atoms with Crippen molar-refractivity contribution >= 4 is 22.8 Å². The van der Waals surface area contributed by atoms with Crippen LogP contribution in [0, 0.1) is 12.7 Å². The first-order chi connectivity index (χ1) is 12.6. The highest BCUT2D eigenvalue weighted by molar-refractivity contribution is 5.99. The van der Waals surface area contributed by atoms with Gasteiger partial charge in [0.05, 0.1) is 0 Å². The van der Waals surface area contributed by atoms with Crippen LogP contribution in [0.25, 0.3) is 22.3 Å². The second kappa shape index (κ2) is 6.28. The molecule has 0 fully saturated rings. The van der Waals surface area contributed by atoms with E-state index in [1.165, 1.54) is 12.1 Å².